The van der Waals surface area contributed by atoms with Crippen molar-refractivity contribution in [3.8, 4) is 0 Å². The van der Waals surface area contributed by atoms with E-state index in [1.165, 1.54) is 11.4 Å². The van der Waals surface area contributed by atoms with Crippen molar-refractivity contribution in [3.63, 3.8) is 0 Å². The lowest BCUT2D eigenvalue weighted by molar-refractivity contribution is -0.193. The lowest BCUT2D eigenvalue weighted by atomic mass is 10.0. The molecule has 37 heavy (non-hydrogen) atoms. The fourth-order valence-corrected chi connectivity index (χ4v) is 4.16. The lowest BCUT2D eigenvalue weighted by Crippen LogP contribution is -2.41. The number of aliphatic carboxylic acids is 2. The number of ether oxygens (including phenoxy) is 2. The van der Waals surface area contributed by atoms with Gasteiger partial charge in [-0.3, -0.25) is 9.88 Å². The van der Waals surface area contributed by atoms with E-state index in [0.717, 1.165) is 31.7 Å². The second-order valence-electron chi connectivity index (χ2n) is 7.71. The average Bonchev–Trinajstić information content (AvgIpc) is 3.46. The summed E-state index contributed by atoms with van der Waals surface area (Å²) in [6.07, 6.45) is -2.04. The normalized spacial score (nSPS) is 21.6. The van der Waals surface area contributed by atoms with Crippen LogP contribution >= 0.6 is 11.3 Å². The van der Waals surface area contributed by atoms with Gasteiger partial charge in [0.15, 0.2) is 0 Å². The molecule has 2 N–H and O–H groups in total. The fraction of sp³-hybridized carbons (Fsp3) is 0.524. The Balaban J connectivity index is 0.000000286. The van der Waals surface area contributed by atoms with E-state index in [4.69, 9.17) is 29.3 Å². The quantitative estimate of drug-likeness (QED) is 0.528. The van der Waals surface area contributed by atoms with Gasteiger partial charge in [-0.25, -0.2) is 14.6 Å². The Morgan fingerprint density at radius 2 is 1.68 bits per heavy atom. The topological polar surface area (TPSA) is 122 Å². The Morgan fingerprint density at radius 3 is 2.19 bits per heavy atom. The first-order chi connectivity index (χ1) is 17.3. The third-order valence-corrected chi connectivity index (χ3v) is 5.87. The van der Waals surface area contributed by atoms with Crippen LogP contribution in [-0.2, 0) is 32.2 Å². The number of halogens is 6. The van der Waals surface area contributed by atoms with E-state index < -0.39 is 24.3 Å². The van der Waals surface area contributed by atoms with E-state index in [-0.39, 0.29) is 12.2 Å². The van der Waals surface area contributed by atoms with Gasteiger partial charge in [-0.1, -0.05) is 0 Å². The highest BCUT2D eigenvalue weighted by Gasteiger charge is 2.44. The minimum atomic E-state index is -5.08. The molecular weight excluding hydrogens is 536 g/mol. The first-order valence-corrected chi connectivity index (χ1v) is 11.5. The third-order valence-electron chi connectivity index (χ3n) is 5.10. The summed E-state index contributed by atoms with van der Waals surface area (Å²) in [6, 6.07) is 4.46. The number of hydrogen-bond acceptors (Lipinski definition) is 8. The first-order valence-electron chi connectivity index (χ1n) is 10.6. The van der Waals surface area contributed by atoms with Crippen LogP contribution < -0.4 is 0 Å². The van der Waals surface area contributed by atoms with E-state index in [1.54, 1.807) is 11.3 Å². The Morgan fingerprint density at radius 1 is 1.08 bits per heavy atom. The van der Waals surface area contributed by atoms with Crippen molar-refractivity contribution >= 4 is 23.3 Å². The monoisotopic (exact) mass is 559 g/mol. The number of fused-ring (bicyclic) bond motifs is 1. The van der Waals surface area contributed by atoms with Crippen LogP contribution in [0.25, 0.3) is 0 Å². The number of carboxylic acids is 2. The minimum Gasteiger partial charge on any atom is -0.475 e. The van der Waals surface area contributed by atoms with Crippen LogP contribution in [0.5, 0.6) is 0 Å². The molecule has 0 aliphatic carbocycles. The van der Waals surface area contributed by atoms with E-state index in [2.05, 4.69) is 14.9 Å². The Kier molecular flexibility index (Phi) is 11.2. The molecular formula is C21H23F6N3O6S. The van der Waals surface area contributed by atoms with E-state index in [0.29, 0.717) is 12.6 Å². The maximum atomic E-state index is 10.6. The predicted octanol–water partition coefficient (Wildman–Crippen LogP) is 3.75. The summed E-state index contributed by atoms with van der Waals surface area (Å²) in [4.78, 5) is 28.8. The number of likely N-dealkylation sites (tertiary alicyclic amines) is 1. The van der Waals surface area contributed by atoms with E-state index >= 15 is 0 Å². The van der Waals surface area contributed by atoms with Crippen LogP contribution in [-0.4, -0.2) is 80.8 Å². The largest absolute Gasteiger partial charge is 0.490 e. The van der Waals surface area contributed by atoms with Gasteiger partial charge < -0.3 is 19.7 Å². The molecule has 9 nitrogen and oxygen atoms in total. The second kappa shape index (κ2) is 13.6. The van der Waals surface area contributed by atoms with Gasteiger partial charge in [0.2, 0.25) is 0 Å². The van der Waals surface area contributed by atoms with Crippen LogP contribution in [0, 0.1) is 0 Å². The van der Waals surface area contributed by atoms with Crippen molar-refractivity contribution in [1.29, 1.82) is 0 Å². The summed E-state index contributed by atoms with van der Waals surface area (Å²) >= 11 is 1.72. The van der Waals surface area contributed by atoms with Gasteiger partial charge in [0.05, 0.1) is 19.3 Å². The highest BCUT2D eigenvalue weighted by molar-refractivity contribution is 7.09. The van der Waals surface area contributed by atoms with Crippen molar-refractivity contribution in [3.05, 3.63) is 46.7 Å². The smallest absolute Gasteiger partial charge is 0.475 e. The zero-order valence-corrected chi connectivity index (χ0v) is 19.8. The number of aromatic nitrogens is 2. The molecule has 0 amide bonds. The molecule has 2 aliphatic heterocycles. The fourth-order valence-electron chi connectivity index (χ4n) is 3.52. The molecule has 2 aliphatic rings. The SMILES string of the molecule is O=C(O)C(F)(F)F.O=C(O)C(F)(F)F.c1cc(CO[C@@H]2CN(Cc3nccs3)[C@H]3CCCO[C@@H]23)ccn1. The van der Waals surface area contributed by atoms with Crippen LogP contribution in [0.4, 0.5) is 26.3 Å². The summed E-state index contributed by atoms with van der Waals surface area (Å²) in [7, 11) is 0. The highest BCUT2D eigenvalue weighted by Crippen LogP contribution is 2.32. The molecule has 0 bridgehead atoms. The summed E-state index contributed by atoms with van der Waals surface area (Å²) in [5.74, 6) is -5.51. The molecule has 2 saturated heterocycles. The van der Waals surface area contributed by atoms with Gasteiger partial charge in [-0.05, 0) is 30.5 Å². The molecule has 2 aromatic rings. The van der Waals surface area contributed by atoms with Gasteiger partial charge in [-0.2, -0.15) is 26.3 Å². The van der Waals surface area contributed by atoms with Gasteiger partial charge in [0, 0.05) is 43.2 Å². The van der Waals surface area contributed by atoms with Gasteiger partial charge in [0.1, 0.15) is 11.1 Å². The molecule has 0 unspecified atom stereocenters. The summed E-state index contributed by atoms with van der Waals surface area (Å²) < 4.78 is 75.7. The molecule has 3 atom stereocenters. The van der Waals surface area contributed by atoms with Gasteiger partial charge >= 0.3 is 24.3 Å². The van der Waals surface area contributed by atoms with E-state index in [9.17, 15) is 26.3 Å². The summed E-state index contributed by atoms with van der Waals surface area (Å²) in [6.45, 7) is 3.28. The number of carboxylic acid groups (broad SMARTS) is 2. The van der Waals surface area contributed by atoms with Crippen molar-refractivity contribution in [1.82, 2.24) is 14.9 Å². The van der Waals surface area contributed by atoms with Gasteiger partial charge in [-0.15, -0.1) is 11.3 Å². The number of hydrogen-bond donors (Lipinski definition) is 2. The molecule has 0 aromatic carbocycles. The van der Waals surface area contributed by atoms with Gasteiger partial charge in [0.25, 0.3) is 0 Å². The summed E-state index contributed by atoms with van der Waals surface area (Å²) in [5.41, 5.74) is 1.16. The third kappa shape index (κ3) is 10.2. The van der Waals surface area contributed by atoms with Crippen LogP contribution in [0.15, 0.2) is 36.1 Å². The van der Waals surface area contributed by atoms with Crippen LogP contribution in [0.3, 0.4) is 0 Å². The molecule has 16 heteroatoms. The number of carbonyl (C=O) groups is 2. The van der Waals surface area contributed by atoms with Crippen LogP contribution in [0.1, 0.15) is 23.4 Å². The number of nitrogens with zero attached hydrogens (tertiary/aromatic N) is 3. The second-order valence-corrected chi connectivity index (χ2v) is 8.69. The molecule has 2 aromatic heterocycles. The maximum Gasteiger partial charge on any atom is 0.490 e. The predicted molar refractivity (Wildman–Crippen MR) is 115 cm³/mol. The Hall–Kier alpha value is -2.82. The summed E-state index contributed by atoms with van der Waals surface area (Å²) in [5, 5.41) is 17.5. The number of thiazole rings is 1. The first kappa shape index (κ1) is 30.4. The lowest BCUT2D eigenvalue weighted by Gasteiger charge is -2.32. The zero-order chi connectivity index (χ0) is 27.6. The number of alkyl halides is 6. The van der Waals surface area contributed by atoms with Crippen molar-refractivity contribution < 1.29 is 55.6 Å². The molecule has 2 fully saturated rings. The van der Waals surface area contributed by atoms with Crippen molar-refractivity contribution in [2.24, 2.45) is 0 Å². The van der Waals surface area contributed by atoms with E-state index in [1.807, 2.05) is 36.1 Å². The Bertz CT molecular complexity index is 953. The molecule has 0 radical (unpaired) electrons. The number of pyridine rings is 1. The number of rotatable bonds is 5. The molecule has 0 spiro atoms. The molecule has 4 rings (SSSR count). The van der Waals surface area contributed by atoms with Crippen molar-refractivity contribution in [2.75, 3.05) is 13.2 Å². The Labute approximate surface area is 210 Å². The highest BCUT2D eigenvalue weighted by atomic mass is 32.1. The molecule has 4 heterocycles. The minimum absolute atomic E-state index is 0.133. The van der Waals surface area contributed by atoms with Crippen LogP contribution in [0.2, 0.25) is 0 Å². The maximum absolute atomic E-state index is 10.6. The molecule has 206 valence electrons. The zero-order valence-electron chi connectivity index (χ0n) is 19.0. The molecule has 0 saturated carbocycles. The average molecular weight is 559 g/mol. The standard InChI is InChI=1S/C17H21N3O2S.2C2HF3O2/c1-2-14-17(21-8-1)15(22-12-13-3-5-18-6-4-13)10-20(14)11-16-19-7-9-23-16;2*3-2(4,5)1(6)7/h3-7,9,14-15,17H,1-2,8,10-12H2;2*(H,6,7)/t14-,15+,17+;;/m0../s1. The van der Waals surface area contributed by atoms with Crippen molar-refractivity contribution in [2.45, 2.75) is 56.6 Å².